The van der Waals surface area contributed by atoms with Crippen molar-refractivity contribution in [2.75, 3.05) is 36.4 Å². The molecule has 2 aliphatic heterocycles. The molecule has 0 spiro atoms. The van der Waals surface area contributed by atoms with Gasteiger partial charge in [0, 0.05) is 30.5 Å². The van der Waals surface area contributed by atoms with Gasteiger partial charge in [-0.05, 0) is 69.1 Å². The Kier molecular flexibility index (Phi) is 6.99. The molecule has 0 atom stereocenters. The van der Waals surface area contributed by atoms with E-state index in [1.807, 2.05) is 5.32 Å². The molecule has 2 heterocycles. The molecule has 4 rings (SSSR count). The fourth-order valence-corrected chi connectivity index (χ4v) is 4.89. The lowest BCUT2D eigenvalue weighted by Gasteiger charge is -2.38. The highest BCUT2D eigenvalue weighted by atomic mass is 19.4. The van der Waals surface area contributed by atoms with E-state index >= 15 is 0 Å². The van der Waals surface area contributed by atoms with Crippen LogP contribution < -0.4 is 10.2 Å². The van der Waals surface area contributed by atoms with E-state index in [0.29, 0.717) is 44.1 Å². The number of hydrogen-bond donors (Lipinski definition) is 1. The molecular formula is C24H24F7N3O. The van der Waals surface area contributed by atoms with Crippen molar-refractivity contribution in [3.63, 3.8) is 0 Å². The molecule has 2 aliphatic rings. The number of carbonyl (C=O) groups is 1. The molecule has 1 N–H and O–H groups in total. The lowest BCUT2D eigenvalue weighted by Crippen LogP contribution is -2.44. The average molecular weight is 503 g/mol. The summed E-state index contributed by atoms with van der Waals surface area (Å²) in [4.78, 5) is 16.7. The van der Waals surface area contributed by atoms with Crippen LogP contribution in [-0.2, 0) is 12.4 Å². The SMILES string of the molecule is O=C(Nc1cc(F)cc(C(F)(F)F)c1)c1cccc(N2CCC(N3CCCC3)CC2)c1C(F)(F)F. The van der Waals surface area contributed by atoms with E-state index in [9.17, 15) is 35.5 Å². The van der Waals surface area contributed by atoms with Crippen LogP contribution in [0.5, 0.6) is 0 Å². The number of amides is 1. The Balaban J connectivity index is 1.60. The summed E-state index contributed by atoms with van der Waals surface area (Å²) < 4.78 is 95.1. The average Bonchev–Trinajstić information content (AvgIpc) is 3.32. The van der Waals surface area contributed by atoms with Crippen molar-refractivity contribution in [2.45, 2.75) is 44.1 Å². The number of rotatable bonds is 4. The quantitative estimate of drug-likeness (QED) is 0.507. The minimum absolute atomic E-state index is 0.153. The Morgan fingerprint density at radius 1 is 0.886 bits per heavy atom. The highest BCUT2D eigenvalue weighted by Gasteiger charge is 2.40. The first-order valence-electron chi connectivity index (χ1n) is 11.3. The van der Waals surface area contributed by atoms with Gasteiger partial charge < -0.3 is 15.1 Å². The summed E-state index contributed by atoms with van der Waals surface area (Å²) in [5, 5.41) is 1.99. The maximum Gasteiger partial charge on any atom is 0.419 e. The van der Waals surface area contributed by atoms with Crippen LogP contribution in [0.25, 0.3) is 0 Å². The van der Waals surface area contributed by atoms with Crippen LogP contribution in [0.4, 0.5) is 42.1 Å². The Labute approximate surface area is 197 Å². The summed E-state index contributed by atoms with van der Waals surface area (Å²) in [6.07, 6.45) is -6.17. The molecule has 2 aromatic rings. The molecule has 0 bridgehead atoms. The highest BCUT2D eigenvalue weighted by molar-refractivity contribution is 6.06. The van der Waals surface area contributed by atoms with E-state index in [2.05, 4.69) is 4.90 Å². The van der Waals surface area contributed by atoms with Gasteiger partial charge in [0.05, 0.1) is 16.7 Å². The summed E-state index contributed by atoms with van der Waals surface area (Å²) in [5.74, 6) is -2.55. The molecule has 11 heteroatoms. The zero-order valence-corrected chi connectivity index (χ0v) is 18.6. The minimum atomic E-state index is -4.89. The van der Waals surface area contributed by atoms with Gasteiger partial charge in [-0.1, -0.05) is 6.07 Å². The number of halogens is 7. The number of alkyl halides is 6. The second kappa shape index (κ2) is 9.67. The van der Waals surface area contributed by atoms with Crippen molar-refractivity contribution in [3.8, 4) is 0 Å². The van der Waals surface area contributed by atoms with Crippen LogP contribution in [0, 0.1) is 5.82 Å². The molecule has 190 valence electrons. The van der Waals surface area contributed by atoms with Gasteiger partial charge in [-0.2, -0.15) is 26.3 Å². The highest BCUT2D eigenvalue weighted by Crippen LogP contribution is 2.41. The van der Waals surface area contributed by atoms with Crippen molar-refractivity contribution in [3.05, 3.63) is 58.9 Å². The van der Waals surface area contributed by atoms with Crippen LogP contribution >= 0.6 is 0 Å². The number of piperidine rings is 1. The third-order valence-electron chi connectivity index (χ3n) is 6.52. The summed E-state index contributed by atoms with van der Waals surface area (Å²) in [7, 11) is 0. The monoisotopic (exact) mass is 503 g/mol. The molecule has 0 unspecified atom stereocenters. The number of nitrogens with one attached hydrogen (secondary N) is 1. The predicted octanol–water partition coefficient (Wildman–Crippen LogP) is 6.18. The number of likely N-dealkylation sites (tertiary alicyclic amines) is 1. The van der Waals surface area contributed by atoms with E-state index in [1.54, 1.807) is 4.90 Å². The standard InChI is InChI=1S/C24H24F7N3O/c25-16-12-15(23(26,27)28)13-17(14-16)32-22(35)19-4-3-5-20(21(19)24(29,30)31)34-10-6-18(7-11-34)33-8-1-2-9-33/h3-5,12-14,18H,1-2,6-11H2,(H,32,35). The van der Waals surface area contributed by atoms with E-state index in [4.69, 9.17) is 0 Å². The summed E-state index contributed by atoms with van der Waals surface area (Å²) in [5.41, 5.74) is -4.01. The maximum absolute atomic E-state index is 14.1. The molecular weight excluding hydrogens is 479 g/mol. The Bertz CT molecular complexity index is 1070. The number of nitrogens with zero attached hydrogens (tertiary/aromatic N) is 2. The second-order valence-electron chi connectivity index (χ2n) is 8.84. The number of carbonyl (C=O) groups excluding carboxylic acids is 1. The van der Waals surface area contributed by atoms with Crippen LogP contribution in [0.1, 0.15) is 47.2 Å². The van der Waals surface area contributed by atoms with E-state index in [-0.39, 0.29) is 11.8 Å². The topological polar surface area (TPSA) is 35.6 Å². The third-order valence-corrected chi connectivity index (χ3v) is 6.52. The third kappa shape index (κ3) is 5.71. The summed E-state index contributed by atoms with van der Waals surface area (Å²) in [6.45, 7) is 2.75. The van der Waals surface area contributed by atoms with Crippen molar-refractivity contribution in [2.24, 2.45) is 0 Å². The zero-order chi connectivity index (χ0) is 25.4. The molecule has 0 aromatic heterocycles. The lowest BCUT2D eigenvalue weighted by atomic mass is 9.98. The van der Waals surface area contributed by atoms with Crippen molar-refractivity contribution >= 4 is 17.3 Å². The summed E-state index contributed by atoms with van der Waals surface area (Å²) in [6, 6.07) is 5.20. The molecule has 1 amide bonds. The predicted molar refractivity (Wildman–Crippen MR) is 117 cm³/mol. The second-order valence-corrected chi connectivity index (χ2v) is 8.84. The van der Waals surface area contributed by atoms with Crippen LogP contribution in [-0.4, -0.2) is 43.0 Å². The number of anilines is 2. The van der Waals surface area contributed by atoms with Gasteiger partial charge in [-0.15, -0.1) is 0 Å². The van der Waals surface area contributed by atoms with Gasteiger partial charge in [0.2, 0.25) is 0 Å². The number of benzene rings is 2. The normalized spacial score (nSPS) is 18.2. The van der Waals surface area contributed by atoms with E-state index < -0.39 is 46.5 Å². The first kappa shape index (κ1) is 25.3. The summed E-state index contributed by atoms with van der Waals surface area (Å²) >= 11 is 0. The van der Waals surface area contributed by atoms with E-state index in [1.165, 1.54) is 12.1 Å². The van der Waals surface area contributed by atoms with Crippen LogP contribution in [0.3, 0.4) is 0 Å². The van der Waals surface area contributed by atoms with E-state index in [0.717, 1.165) is 32.0 Å². The molecule has 4 nitrogen and oxygen atoms in total. The van der Waals surface area contributed by atoms with Gasteiger partial charge in [0.1, 0.15) is 5.82 Å². The molecule has 2 aromatic carbocycles. The largest absolute Gasteiger partial charge is 0.419 e. The molecule has 2 fully saturated rings. The zero-order valence-electron chi connectivity index (χ0n) is 18.6. The van der Waals surface area contributed by atoms with Crippen molar-refractivity contribution in [1.29, 1.82) is 0 Å². The fraction of sp³-hybridized carbons (Fsp3) is 0.458. The molecule has 0 aliphatic carbocycles. The van der Waals surface area contributed by atoms with Crippen molar-refractivity contribution < 1.29 is 35.5 Å². The van der Waals surface area contributed by atoms with Gasteiger partial charge in [0.15, 0.2) is 0 Å². The van der Waals surface area contributed by atoms with Gasteiger partial charge in [-0.3, -0.25) is 4.79 Å². The Morgan fingerprint density at radius 2 is 1.54 bits per heavy atom. The number of hydrogen-bond acceptors (Lipinski definition) is 3. The first-order valence-corrected chi connectivity index (χ1v) is 11.3. The van der Waals surface area contributed by atoms with Crippen molar-refractivity contribution in [1.82, 2.24) is 4.90 Å². The molecule has 0 saturated carbocycles. The minimum Gasteiger partial charge on any atom is -0.371 e. The van der Waals surface area contributed by atoms with Crippen LogP contribution in [0.2, 0.25) is 0 Å². The molecule has 2 saturated heterocycles. The fourth-order valence-electron chi connectivity index (χ4n) is 4.89. The smallest absolute Gasteiger partial charge is 0.371 e. The molecule has 0 radical (unpaired) electrons. The first-order chi connectivity index (χ1) is 16.4. The maximum atomic E-state index is 14.1. The van der Waals surface area contributed by atoms with Crippen LogP contribution in [0.15, 0.2) is 36.4 Å². The lowest BCUT2D eigenvalue weighted by molar-refractivity contribution is -0.138. The Hall–Kier alpha value is -2.82. The molecule has 35 heavy (non-hydrogen) atoms. The van der Waals surface area contributed by atoms with Gasteiger partial charge in [-0.25, -0.2) is 4.39 Å². The van der Waals surface area contributed by atoms with Gasteiger partial charge in [0.25, 0.3) is 5.91 Å². The Morgan fingerprint density at radius 3 is 2.14 bits per heavy atom. The van der Waals surface area contributed by atoms with Gasteiger partial charge >= 0.3 is 12.4 Å².